The Kier molecular flexibility index (Phi) is 5.84. The number of nitrogens with one attached hydrogen (secondary N) is 1. The Morgan fingerprint density at radius 3 is 2.43 bits per heavy atom. The summed E-state index contributed by atoms with van der Waals surface area (Å²) in [4.78, 5) is 26.7. The molecule has 2 rings (SSSR count). The van der Waals surface area contributed by atoms with Crippen molar-refractivity contribution in [1.29, 1.82) is 0 Å². The van der Waals surface area contributed by atoms with Gasteiger partial charge in [0.25, 0.3) is 5.91 Å². The van der Waals surface area contributed by atoms with Crippen molar-refractivity contribution in [3.8, 4) is 0 Å². The first kappa shape index (κ1) is 18.4. The van der Waals surface area contributed by atoms with Crippen LogP contribution >= 0.6 is 0 Å². The lowest BCUT2D eigenvalue weighted by Gasteiger charge is -2.27. The summed E-state index contributed by atoms with van der Waals surface area (Å²) in [5.41, 5.74) is -0.470. The van der Waals surface area contributed by atoms with Gasteiger partial charge in [0.05, 0.1) is 11.5 Å². The Morgan fingerprint density at radius 1 is 1.26 bits per heavy atom. The second kappa shape index (κ2) is 7.30. The van der Waals surface area contributed by atoms with Gasteiger partial charge in [0.1, 0.15) is 0 Å². The lowest BCUT2D eigenvalue weighted by molar-refractivity contribution is -0.144. The summed E-state index contributed by atoms with van der Waals surface area (Å²) in [5, 5.41) is 2.72. The highest BCUT2D eigenvalue weighted by molar-refractivity contribution is 7.91. The third kappa shape index (κ3) is 4.53. The molecule has 0 aromatic carbocycles. The van der Waals surface area contributed by atoms with E-state index in [0.29, 0.717) is 38.5 Å². The Hall–Kier alpha value is -0.950. The molecule has 2 aliphatic rings. The Morgan fingerprint density at radius 2 is 1.91 bits per heavy atom. The molecular formula is C16H28N2O4S. The molecule has 0 aromatic rings. The number of hydrogen-bond acceptors (Lipinski definition) is 5. The van der Waals surface area contributed by atoms with Crippen LogP contribution in [0.5, 0.6) is 0 Å². The van der Waals surface area contributed by atoms with Gasteiger partial charge in [0.15, 0.2) is 9.84 Å². The van der Waals surface area contributed by atoms with E-state index in [-0.39, 0.29) is 17.3 Å². The number of sulfone groups is 1. The number of carbonyl (C=O) groups is 2. The van der Waals surface area contributed by atoms with Gasteiger partial charge >= 0.3 is 0 Å². The Labute approximate surface area is 138 Å². The van der Waals surface area contributed by atoms with Crippen LogP contribution in [0.1, 0.15) is 39.5 Å². The van der Waals surface area contributed by atoms with Gasteiger partial charge in [-0.3, -0.25) is 14.5 Å². The van der Waals surface area contributed by atoms with E-state index in [1.165, 1.54) is 0 Å². The fraction of sp³-hybridized carbons (Fsp3) is 0.875. The molecule has 1 saturated carbocycles. The average Bonchev–Trinajstić information content (AvgIpc) is 2.90. The van der Waals surface area contributed by atoms with Gasteiger partial charge in [-0.25, -0.2) is 8.42 Å². The number of ketones is 1. The van der Waals surface area contributed by atoms with Crippen molar-refractivity contribution in [1.82, 2.24) is 10.2 Å². The summed E-state index contributed by atoms with van der Waals surface area (Å²) < 4.78 is 22.7. The first-order chi connectivity index (χ1) is 10.8. The summed E-state index contributed by atoms with van der Waals surface area (Å²) in [5.74, 6) is 0.103. The highest BCUT2D eigenvalue weighted by atomic mass is 32.2. The minimum Gasteiger partial charge on any atom is -0.348 e. The SMILES string of the molecule is CC[C@@]1(C(=O)C(=O)NCCN2CCS(=O)(=O)CC2)CCC(C)C1. The predicted octanol–water partition coefficient (Wildman–Crippen LogP) is 0.619. The van der Waals surface area contributed by atoms with Gasteiger partial charge in [-0.2, -0.15) is 0 Å². The zero-order valence-electron chi connectivity index (χ0n) is 14.1. The zero-order chi connectivity index (χ0) is 17.1. The van der Waals surface area contributed by atoms with Crippen LogP contribution in [-0.2, 0) is 19.4 Å². The Bertz CT molecular complexity index is 546. The molecule has 23 heavy (non-hydrogen) atoms. The van der Waals surface area contributed by atoms with Crippen molar-refractivity contribution in [3.63, 3.8) is 0 Å². The maximum atomic E-state index is 12.5. The monoisotopic (exact) mass is 344 g/mol. The topological polar surface area (TPSA) is 83.6 Å². The normalized spacial score (nSPS) is 31.0. The van der Waals surface area contributed by atoms with Gasteiger partial charge in [-0.05, 0) is 31.6 Å². The van der Waals surface area contributed by atoms with Gasteiger partial charge in [0, 0.05) is 31.6 Å². The predicted molar refractivity (Wildman–Crippen MR) is 88.8 cm³/mol. The molecule has 1 aliphatic heterocycles. The largest absolute Gasteiger partial charge is 0.348 e. The van der Waals surface area contributed by atoms with E-state index >= 15 is 0 Å². The molecule has 2 fully saturated rings. The summed E-state index contributed by atoms with van der Waals surface area (Å²) in [6.07, 6.45) is 3.34. The molecule has 132 valence electrons. The number of Topliss-reactive ketones (excluding diaryl/α,β-unsaturated/α-hetero) is 1. The first-order valence-electron chi connectivity index (χ1n) is 8.53. The maximum absolute atomic E-state index is 12.5. The van der Waals surface area contributed by atoms with Crippen molar-refractivity contribution >= 4 is 21.5 Å². The summed E-state index contributed by atoms with van der Waals surface area (Å²) in [6, 6.07) is 0. The second-order valence-electron chi connectivity index (χ2n) is 7.06. The molecule has 0 spiro atoms. The zero-order valence-corrected chi connectivity index (χ0v) is 15.0. The molecule has 1 N–H and O–H groups in total. The lowest BCUT2D eigenvalue weighted by atomic mass is 9.78. The van der Waals surface area contributed by atoms with Crippen LogP contribution in [0.3, 0.4) is 0 Å². The van der Waals surface area contributed by atoms with Crippen LogP contribution in [-0.4, -0.2) is 62.7 Å². The molecule has 0 radical (unpaired) electrons. The van der Waals surface area contributed by atoms with E-state index < -0.39 is 21.2 Å². The van der Waals surface area contributed by atoms with Gasteiger partial charge in [-0.1, -0.05) is 13.8 Å². The van der Waals surface area contributed by atoms with Crippen molar-refractivity contribution in [2.24, 2.45) is 11.3 Å². The molecule has 7 heteroatoms. The van der Waals surface area contributed by atoms with E-state index in [1.807, 2.05) is 11.8 Å². The molecule has 0 aromatic heterocycles. The number of carbonyl (C=O) groups excluding carboxylic acids is 2. The van der Waals surface area contributed by atoms with Gasteiger partial charge < -0.3 is 5.32 Å². The minimum absolute atomic E-state index is 0.177. The summed E-state index contributed by atoms with van der Waals surface area (Å²) in [6.45, 7) is 6.10. The van der Waals surface area contributed by atoms with Crippen molar-refractivity contribution in [3.05, 3.63) is 0 Å². The van der Waals surface area contributed by atoms with Crippen molar-refractivity contribution in [2.45, 2.75) is 39.5 Å². The Balaban J connectivity index is 1.77. The summed E-state index contributed by atoms with van der Waals surface area (Å²) in [7, 11) is -2.88. The van der Waals surface area contributed by atoms with E-state index in [1.54, 1.807) is 0 Å². The molecule has 6 nitrogen and oxygen atoms in total. The molecule has 1 heterocycles. The number of hydrogen-bond donors (Lipinski definition) is 1. The molecule has 1 unspecified atom stereocenters. The molecule has 0 bridgehead atoms. The number of rotatable bonds is 6. The minimum atomic E-state index is -2.88. The molecule has 2 atom stereocenters. The molecular weight excluding hydrogens is 316 g/mol. The summed E-state index contributed by atoms with van der Waals surface area (Å²) >= 11 is 0. The quantitative estimate of drug-likeness (QED) is 0.714. The molecule has 1 aliphatic carbocycles. The van der Waals surface area contributed by atoms with Crippen LogP contribution in [0.2, 0.25) is 0 Å². The van der Waals surface area contributed by atoms with Crippen LogP contribution in [0.15, 0.2) is 0 Å². The maximum Gasteiger partial charge on any atom is 0.288 e. The highest BCUT2D eigenvalue weighted by Crippen LogP contribution is 2.44. The van der Waals surface area contributed by atoms with Crippen LogP contribution in [0, 0.1) is 11.3 Å². The highest BCUT2D eigenvalue weighted by Gasteiger charge is 2.44. The van der Waals surface area contributed by atoms with Crippen molar-refractivity contribution in [2.75, 3.05) is 37.7 Å². The van der Waals surface area contributed by atoms with Gasteiger partial charge in [0.2, 0.25) is 5.78 Å². The fourth-order valence-corrected chi connectivity index (χ4v) is 4.98. The third-order valence-electron chi connectivity index (χ3n) is 5.37. The van der Waals surface area contributed by atoms with Gasteiger partial charge in [-0.15, -0.1) is 0 Å². The second-order valence-corrected chi connectivity index (χ2v) is 9.36. The van der Waals surface area contributed by atoms with E-state index in [2.05, 4.69) is 12.2 Å². The fourth-order valence-electron chi connectivity index (χ4n) is 3.70. The lowest BCUT2D eigenvalue weighted by Crippen LogP contribution is -2.46. The van der Waals surface area contributed by atoms with E-state index in [0.717, 1.165) is 19.3 Å². The van der Waals surface area contributed by atoms with Crippen LogP contribution in [0.25, 0.3) is 0 Å². The first-order valence-corrected chi connectivity index (χ1v) is 10.4. The smallest absolute Gasteiger partial charge is 0.288 e. The van der Waals surface area contributed by atoms with Crippen LogP contribution in [0.4, 0.5) is 0 Å². The third-order valence-corrected chi connectivity index (χ3v) is 6.98. The molecule has 1 saturated heterocycles. The number of nitrogens with zero attached hydrogens (tertiary/aromatic N) is 1. The standard InChI is InChI=1S/C16H28N2O4S/c1-3-16(5-4-13(2)12-16)14(19)15(20)17-6-7-18-8-10-23(21,22)11-9-18/h13H,3-12H2,1-2H3,(H,17,20)/t13?,16-/m1/s1. The van der Waals surface area contributed by atoms with Crippen molar-refractivity contribution < 1.29 is 18.0 Å². The molecule has 1 amide bonds. The average molecular weight is 344 g/mol. The number of amides is 1. The van der Waals surface area contributed by atoms with E-state index in [4.69, 9.17) is 0 Å². The van der Waals surface area contributed by atoms with E-state index in [9.17, 15) is 18.0 Å². The van der Waals surface area contributed by atoms with Crippen LogP contribution < -0.4 is 5.32 Å².